The van der Waals surface area contributed by atoms with Gasteiger partial charge in [-0.2, -0.15) is 0 Å². The van der Waals surface area contributed by atoms with Gasteiger partial charge in [-0.3, -0.25) is 9.69 Å². The van der Waals surface area contributed by atoms with Crippen LogP contribution in [-0.4, -0.2) is 29.3 Å². The van der Waals surface area contributed by atoms with E-state index in [1.807, 2.05) is 0 Å². The Morgan fingerprint density at radius 2 is 1.69 bits per heavy atom. The maximum absolute atomic E-state index is 12.7. The number of nitrogens with zero attached hydrogens (tertiary/aromatic N) is 1. The van der Waals surface area contributed by atoms with Gasteiger partial charge in [-0.25, -0.2) is 0 Å². The quantitative estimate of drug-likeness (QED) is 0.714. The number of hydrogen-bond acceptors (Lipinski definition) is 2. The Morgan fingerprint density at radius 1 is 1.12 bits per heavy atom. The lowest BCUT2D eigenvalue weighted by molar-refractivity contribution is -0.137. The Morgan fingerprint density at radius 3 is 2.06 bits per heavy atom. The maximum Gasteiger partial charge on any atom is 0.156 e. The first kappa shape index (κ1) is 12.1. The molecule has 2 aliphatic carbocycles. The smallest absolute Gasteiger partial charge is 0.156 e. The third kappa shape index (κ3) is 1.81. The molecule has 0 heterocycles. The van der Waals surface area contributed by atoms with Gasteiger partial charge in [-0.1, -0.05) is 33.1 Å². The molecule has 0 N–H and O–H groups in total. The zero-order valence-corrected chi connectivity index (χ0v) is 10.8. The van der Waals surface area contributed by atoms with E-state index in [9.17, 15) is 4.79 Å². The average molecular weight is 223 g/mol. The standard InChI is InChI=1S/C14H25NO/c1-3-15(4-2)14(10-5-6-11-14)13(16)12-8-7-9-12/h12H,3-11H2,1-2H3. The van der Waals surface area contributed by atoms with Crippen molar-refractivity contribution in [2.75, 3.05) is 13.1 Å². The molecule has 2 fully saturated rings. The monoisotopic (exact) mass is 223 g/mol. The molecule has 0 aliphatic heterocycles. The molecule has 2 heteroatoms. The first-order valence-electron chi connectivity index (χ1n) is 7.04. The van der Waals surface area contributed by atoms with Crippen LogP contribution in [-0.2, 0) is 4.79 Å². The largest absolute Gasteiger partial charge is 0.297 e. The van der Waals surface area contributed by atoms with Gasteiger partial charge in [0.1, 0.15) is 0 Å². The Kier molecular flexibility index (Phi) is 3.68. The fourth-order valence-corrected chi connectivity index (χ4v) is 3.56. The van der Waals surface area contributed by atoms with Gasteiger partial charge in [-0.15, -0.1) is 0 Å². The van der Waals surface area contributed by atoms with Crippen LogP contribution in [0.3, 0.4) is 0 Å². The van der Waals surface area contributed by atoms with Crippen LogP contribution in [0.15, 0.2) is 0 Å². The van der Waals surface area contributed by atoms with Crippen LogP contribution in [0.25, 0.3) is 0 Å². The highest BCUT2D eigenvalue weighted by Crippen LogP contribution is 2.42. The molecule has 0 saturated heterocycles. The molecule has 92 valence electrons. The van der Waals surface area contributed by atoms with Gasteiger partial charge in [0, 0.05) is 5.92 Å². The van der Waals surface area contributed by atoms with E-state index in [4.69, 9.17) is 0 Å². The molecule has 0 bridgehead atoms. The van der Waals surface area contributed by atoms with Crippen molar-refractivity contribution in [1.82, 2.24) is 4.90 Å². The minimum absolute atomic E-state index is 0.0609. The van der Waals surface area contributed by atoms with E-state index in [1.165, 1.54) is 19.3 Å². The van der Waals surface area contributed by atoms with Gasteiger partial charge in [0.15, 0.2) is 5.78 Å². The first-order chi connectivity index (χ1) is 7.74. The second kappa shape index (κ2) is 4.87. The van der Waals surface area contributed by atoms with Crippen molar-refractivity contribution in [2.45, 2.75) is 64.3 Å². The summed E-state index contributed by atoms with van der Waals surface area (Å²) in [6.07, 6.45) is 8.30. The Balaban J connectivity index is 2.16. The molecule has 0 radical (unpaired) electrons. The Labute approximate surface area is 99.4 Å². The molecule has 0 amide bonds. The van der Waals surface area contributed by atoms with Gasteiger partial charge >= 0.3 is 0 Å². The molecule has 2 aliphatic rings. The molecule has 0 aromatic rings. The molecule has 0 spiro atoms. The number of hydrogen-bond donors (Lipinski definition) is 0. The van der Waals surface area contributed by atoms with Gasteiger partial charge in [-0.05, 0) is 38.8 Å². The van der Waals surface area contributed by atoms with Crippen LogP contribution in [0.2, 0.25) is 0 Å². The SMILES string of the molecule is CCN(CC)C1(C(=O)C2CCC2)CCCC1. The van der Waals surface area contributed by atoms with Crippen molar-refractivity contribution in [3.05, 3.63) is 0 Å². The third-order valence-corrected chi connectivity index (χ3v) is 4.73. The van der Waals surface area contributed by atoms with Crippen LogP contribution in [0.5, 0.6) is 0 Å². The number of likely N-dealkylation sites (N-methyl/N-ethyl adjacent to an activating group) is 1. The van der Waals surface area contributed by atoms with E-state index in [1.54, 1.807) is 0 Å². The maximum atomic E-state index is 12.7. The van der Waals surface area contributed by atoms with Gasteiger partial charge in [0.25, 0.3) is 0 Å². The van der Waals surface area contributed by atoms with E-state index in [0.717, 1.165) is 38.8 Å². The minimum Gasteiger partial charge on any atom is -0.297 e. The van der Waals surface area contributed by atoms with E-state index in [-0.39, 0.29) is 5.54 Å². The van der Waals surface area contributed by atoms with E-state index in [2.05, 4.69) is 18.7 Å². The van der Waals surface area contributed by atoms with Crippen molar-refractivity contribution >= 4 is 5.78 Å². The number of Topliss-reactive ketones (excluding diaryl/α,β-unsaturated/α-hetero) is 1. The number of carbonyl (C=O) groups is 1. The van der Waals surface area contributed by atoms with Gasteiger partial charge < -0.3 is 0 Å². The predicted octanol–water partition coefficient (Wildman–Crippen LogP) is 3.01. The molecular formula is C14H25NO. The molecule has 2 nitrogen and oxygen atoms in total. The summed E-state index contributed by atoms with van der Waals surface area (Å²) in [5.74, 6) is 0.985. The lowest BCUT2D eigenvalue weighted by atomic mass is 9.73. The molecule has 2 rings (SSSR count). The molecule has 0 aromatic carbocycles. The molecule has 16 heavy (non-hydrogen) atoms. The number of rotatable bonds is 5. The van der Waals surface area contributed by atoms with Crippen LogP contribution in [0.4, 0.5) is 0 Å². The zero-order valence-electron chi connectivity index (χ0n) is 10.8. The Bertz CT molecular complexity index is 247. The fraction of sp³-hybridized carbons (Fsp3) is 0.929. The van der Waals surface area contributed by atoms with Gasteiger partial charge in [0.2, 0.25) is 0 Å². The molecule has 0 unspecified atom stereocenters. The van der Waals surface area contributed by atoms with Crippen molar-refractivity contribution in [3.63, 3.8) is 0 Å². The highest BCUT2D eigenvalue weighted by atomic mass is 16.1. The van der Waals surface area contributed by atoms with Crippen LogP contribution < -0.4 is 0 Å². The average Bonchev–Trinajstić information content (AvgIpc) is 2.67. The highest BCUT2D eigenvalue weighted by Gasteiger charge is 2.48. The van der Waals surface area contributed by atoms with E-state index < -0.39 is 0 Å². The summed E-state index contributed by atoms with van der Waals surface area (Å²) < 4.78 is 0. The molecule has 0 aromatic heterocycles. The van der Waals surface area contributed by atoms with E-state index >= 15 is 0 Å². The lowest BCUT2D eigenvalue weighted by Crippen LogP contribution is -2.55. The minimum atomic E-state index is -0.0609. The van der Waals surface area contributed by atoms with Crippen molar-refractivity contribution in [3.8, 4) is 0 Å². The molecular weight excluding hydrogens is 198 g/mol. The topological polar surface area (TPSA) is 20.3 Å². The van der Waals surface area contributed by atoms with Crippen molar-refractivity contribution in [1.29, 1.82) is 0 Å². The summed E-state index contributed by atoms with van der Waals surface area (Å²) in [5.41, 5.74) is -0.0609. The highest BCUT2D eigenvalue weighted by molar-refractivity contribution is 5.91. The van der Waals surface area contributed by atoms with Crippen LogP contribution in [0.1, 0.15) is 58.8 Å². The Hall–Kier alpha value is -0.370. The van der Waals surface area contributed by atoms with Crippen molar-refractivity contribution < 1.29 is 4.79 Å². The van der Waals surface area contributed by atoms with E-state index in [0.29, 0.717) is 11.7 Å². The second-order valence-electron chi connectivity index (χ2n) is 5.40. The fourth-order valence-electron chi connectivity index (χ4n) is 3.56. The van der Waals surface area contributed by atoms with Crippen molar-refractivity contribution in [2.24, 2.45) is 5.92 Å². The van der Waals surface area contributed by atoms with Crippen LogP contribution >= 0.6 is 0 Å². The second-order valence-corrected chi connectivity index (χ2v) is 5.40. The lowest BCUT2D eigenvalue weighted by Gasteiger charge is -2.43. The molecule has 0 atom stereocenters. The normalized spacial score (nSPS) is 24.7. The van der Waals surface area contributed by atoms with Crippen LogP contribution in [0, 0.1) is 5.92 Å². The summed E-state index contributed by atoms with van der Waals surface area (Å²) in [5, 5.41) is 0. The number of carbonyl (C=O) groups excluding carboxylic acids is 1. The molecule has 2 saturated carbocycles. The zero-order chi connectivity index (χ0) is 11.6. The summed E-state index contributed by atoms with van der Waals surface area (Å²) in [6.45, 7) is 6.43. The number of ketones is 1. The summed E-state index contributed by atoms with van der Waals surface area (Å²) in [7, 11) is 0. The predicted molar refractivity (Wildman–Crippen MR) is 66.5 cm³/mol. The summed E-state index contributed by atoms with van der Waals surface area (Å²) in [4.78, 5) is 15.1. The first-order valence-corrected chi connectivity index (χ1v) is 7.04. The summed E-state index contributed by atoms with van der Waals surface area (Å²) in [6, 6.07) is 0. The third-order valence-electron chi connectivity index (χ3n) is 4.73. The van der Waals surface area contributed by atoms with Gasteiger partial charge in [0.05, 0.1) is 5.54 Å². The summed E-state index contributed by atoms with van der Waals surface area (Å²) >= 11 is 0.